The molecule has 0 aliphatic rings. The van der Waals surface area contributed by atoms with Crippen molar-refractivity contribution in [2.75, 3.05) is 0 Å². The van der Waals surface area contributed by atoms with Crippen molar-refractivity contribution >= 4 is 43.6 Å². The van der Waals surface area contributed by atoms with Gasteiger partial charge >= 0.3 is 5.63 Å². The Labute approximate surface area is 844 Å². The van der Waals surface area contributed by atoms with Crippen molar-refractivity contribution in [3.63, 3.8) is 0 Å². The summed E-state index contributed by atoms with van der Waals surface area (Å²) in [4.78, 5) is 28.0. The first-order valence-electron chi connectivity index (χ1n) is 49.6. The van der Waals surface area contributed by atoms with Crippen LogP contribution in [-0.4, -0.2) is 30.5 Å². The lowest BCUT2D eigenvalue weighted by atomic mass is 9.98. The molecular weight excluding hydrogens is 1770 g/mol. The Morgan fingerprint density at radius 3 is 1.18 bits per heavy atom. The molecule has 3 aromatic heterocycles. The van der Waals surface area contributed by atoms with Gasteiger partial charge in [-0.1, -0.05) is 390 Å². The Morgan fingerprint density at radius 2 is 0.690 bits per heavy atom. The number of hydrogen-bond acceptors (Lipinski definition) is 10. The second-order valence-corrected chi connectivity index (χ2v) is 39.8. The van der Waals surface area contributed by atoms with E-state index in [4.69, 9.17) is 8.83 Å². The topological polar surface area (TPSA) is 174 Å². The second kappa shape index (κ2) is 58.8. The van der Waals surface area contributed by atoms with Crippen molar-refractivity contribution in [3.8, 4) is 28.7 Å². The van der Waals surface area contributed by atoms with Crippen molar-refractivity contribution in [1.29, 1.82) is 0 Å². The van der Waals surface area contributed by atoms with Crippen molar-refractivity contribution in [2.24, 2.45) is 0 Å². The number of para-hydroxylation sites is 4. The van der Waals surface area contributed by atoms with Gasteiger partial charge in [0.1, 0.15) is 40.0 Å². The molecule has 0 fully saturated rings. The van der Waals surface area contributed by atoms with Crippen LogP contribution in [-0.2, 0) is 0 Å². The Balaban J connectivity index is 0.000000273. The number of aryl methyl sites for hydroxylation is 7. The maximum absolute atomic E-state index is 13.1. The SMILES string of the molecule is CC(C)c1cc2ccccc2oc1=O.CC(C)c1ccc2ccccc2c1O.CC(C)c1ccc2ccccc2n1.CC(C)c1ccccc1O.CC(C)c1coc2ccccc2c1=O.Cc1cc(F)cc(C(C)C)c1.Cc1ccc(C(C)C)c(F)c1F.Cc1ccc(C(C)C)c(O)c1O.Cc1ccc(C(C)C)cc1.Cc1ccc(C(C)C)cc1.Cc1ccc(C(C)C)cc1F.Cc1ccc(C(C)C)cc1O. The highest BCUT2D eigenvalue weighted by Crippen LogP contribution is 2.37. The number of hydrogen-bond donors (Lipinski definition) is 5. The van der Waals surface area contributed by atoms with Gasteiger partial charge in [0.15, 0.2) is 28.6 Å². The fourth-order valence-corrected chi connectivity index (χ4v) is 14.3. The molecule has 16 rings (SSSR count). The zero-order valence-corrected chi connectivity index (χ0v) is 89.9. The smallest absolute Gasteiger partial charge is 0.339 e. The minimum atomic E-state index is -0.721. The van der Waals surface area contributed by atoms with Crippen LogP contribution in [0.3, 0.4) is 0 Å². The van der Waals surface area contributed by atoms with Crippen molar-refractivity contribution < 1.29 is 51.9 Å². The molecule has 0 aliphatic heterocycles. The molecule has 3 heterocycles. The molecule has 0 unspecified atom stereocenters. The van der Waals surface area contributed by atoms with Gasteiger partial charge in [0.05, 0.1) is 17.2 Å². The van der Waals surface area contributed by atoms with Gasteiger partial charge in [0, 0.05) is 38.5 Å². The highest BCUT2D eigenvalue weighted by atomic mass is 19.2. The van der Waals surface area contributed by atoms with Gasteiger partial charge in [-0.3, -0.25) is 9.78 Å². The molecule has 0 atom stereocenters. The van der Waals surface area contributed by atoms with Crippen molar-refractivity contribution in [2.45, 2.75) is 286 Å². The van der Waals surface area contributed by atoms with Gasteiger partial charge < -0.3 is 34.4 Å². The van der Waals surface area contributed by atoms with E-state index in [9.17, 15) is 52.7 Å². The third-order valence-corrected chi connectivity index (χ3v) is 23.9. The molecule has 0 bridgehead atoms. The number of nitrogens with zero attached hydrogens (tertiary/aromatic N) is 1. The van der Waals surface area contributed by atoms with E-state index in [1.165, 1.54) is 38.9 Å². The van der Waals surface area contributed by atoms with Gasteiger partial charge in [0.2, 0.25) is 0 Å². The van der Waals surface area contributed by atoms with E-state index in [-0.39, 0.29) is 57.9 Å². The summed E-state index contributed by atoms with van der Waals surface area (Å²) in [5, 5.41) is 52.4. The van der Waals surface area contributed by atoms with Crippen LogP contribution in [0.4, 0.5) is 17.6 Å². The number of phenols is 5. The molecule has 13 aromatic carbocycles. The van der Waals surface area contributed by atoms with E-state index in [0.29, 0.717) is 97.8 Å². The van der Waals surface area contributed by atoms with Crippen LogP contribution in [0.25, 0.3) is 43.6 Å². The summed E-state index contributed by atoms with van der Waals surface area (Å²) >= 11 is 0. The Kier molecular flexibility index (Phi) is 49.3. The molecule has 0 amide bonds. The maximum atomic E-state index is 13.1. The lowest BCUT2D eigenvalue weighted by Crippen LogP contribution is -2.09. The molecule has 14 heteroatoms. The molecule has 142 heavy (non-hydrogen) atoms. The second-order valence-electron chi connectivity index (χ2n) is 39.8. The predicted molar refractivity (Wildman–Crippen MR) is 593 cm³/mol. The zero-order chi connectivity index (χ0) is 106. The molecule has 16 aromatic rings. The maximum Gasteiger partial charge on any atom is 0.339 e. The van der Waals surface area contributed by atoms with E-state index in [1.807, 2.05) is 209 Å². The van der Waals surface area contributed by atoms with E-state index < -0.39 is 11.6 Å². The minimum Gasteiger partial charge on any atom is -0.508 e. The summed E-state index contributed by atoms with van der Waals surface area (Å²) in [7, 11) is 0. The minimum absolute atomic E-state index is 0.00111. The fourth-order valence-electron chi connectivity index (χ4n) is 14.3. The number of rotatable bonds is 12. The van der Waals surface area contributed by atoms with Crippen LogP contribution >= 0.6 is 0 Å². The summed E-state index contributed by atoms with van der Waals surface area (Å²) in [5.74, 6) is 4.14. The summed E-state index contributed by atoms with van der Waals surface area (Å²) in [5.41, 5.74) is 20.7. The average Bonchev–Trinajstić information content (AvgIpc) is 0.821. The Morgan fingerprint density at radius 1 is 0.268 bits per heavy atom. The molecule has 10 nitrogen and oxygen atoms in total. The number of benzene rings is 13. The first kappa shape index (κ1) is 119. The van der Waals surface area contributed by atoms with Crippen molar-refractivity contribution in [3.05, 3.63) is 435 Å². The normalized spacial score (nSPS) is 10.8. The van der Waals surface area contributed by atoms with Gasteiger partial charge in [-0.2, -0.15) is 0 Å². The third kappa shape index (κ3) is 38.3. The molecule has 756 valence electrons. The highest BCUT2D eigenvalue weighted by Gasteiger charge is 2.17. The molecular formula is C128H157F4NO9. The van der Waals surface area contributed by atoms with Crippen LogP contribution in [0.15, 0.2) is 304 Å². The van der Waals surface area contributed by atoms with E-state index in [0.717, 1.165) is 77.3 Å². The molecule has 0 saturated carbocycles. The van der Waals surface area contributed by atoms with Gasteiger partial charge in [-0.25, -0.2) is 22.4 Å². The lowest BCUT2D eigenvalue weighted by Gasteiger charge is -2.10. The zero-order valence-electron chi connectivity index (χ0n) is 89.9. The standard InChI is InChI=1S/C13H14O.C12H13N.2C12H12O2.C10H12F2.2C10H13F.C10H14O2.C10H14O.2C10H14.C9H12O/c1-9(2)11-8-7-10-5-3-4-6-12(10)13(11)14;1-9(2)11-8-7-10-5-3-4-6-12(10)13-11;1-8(2)10-7-14-11-6-4-3-5-9(11)12(10)13;1-8(2)10-7-9-5-3-4-6-11(9)14-12(10)13;1-6(2)8-5-4-7(3)9(11)10(8)12;1-7(2)9-4-8(3)5-10(11)6-9;1-7(2)9-5-4-8(3)10(11)6-9;1-6(2)8-5-4-7(3)9(11)10(8)12;1-7(2)9-5-4-8(3)10(11)6-9;2*1-8(2)10-6-4-9(3)5-7-10;1-7(2)8-5-3-4-6-9(8)10/h3-9,14H,1-2H3;3-9H,1-2H3;2*3-8H,1-2H3;4-6H,1-3H3;2*4-7H,1-3H3;4-6,11-12H,1-3H3;4-7,11H,1-3H3;2*4-8H,1-3H3;3-7,10H,1-2H3. The highest BCUT2D eigenvalue weighted by molar-refractivity contribution is 5.89. The quantitative estimate of drug-likeness (QED) is 0.0450. The largest absolute Gasteiger partial charge is 0.508 e. The number of pyridine rings is 1. The molecule has 5 N–H and O–H groups in total. The van der Waals surface area contributed by atoms with Gasteiger partial charge in [-0.15, -0.1) is 0 Å². The summed E-state index contributed by atoms with van der Waals surface area (Å²) in [6, 6.07) is 89.4. The van der Waals surface area contributed by atoms with Crippen LogP contribution in [0, 0.1) is 71.7 Å². The van der Waals surface area contributed by atoms with Crippen LogP contribution < -0.4 is 11.1 Å². The summed E-state index contributed by atoms with van der Waals surface area (Å²) in [6.07, 6.45) is 1.56. The average molecular weight is 1930 g/mol. The number of aromatic hydroxyl groups is 5. The van der Waals surface area contributed by atoms with Crippen LogP contribution in [0.1, 0.15) is 343 Å². The number of fused-ring (bicyclic) bond motifs is 4. The Hall–Kier alpha value is -13.3. The van der Waals surface area contributed by atoms with Crippen LogP contribution in [0.2, 0.25) is 0 Å². The molecule has 0 spiro atoms. The van der Waals surface area contributed by atoms with Gasteiger partial charge in [-0.05, 0) is 264 Å². The Bertz CT molecular complexity index is 6500. The van der Waals surface area contributed by atoms with Crippen molar-refractivity contribution in [1.82, 2.24) is 4.98 Å². The van der Waals surface area contributed by atoms with Crippen LogP contribution in [0.5, 0.6) is 28.7 Å². The van der Waals surface area contributed by atoms with E-state index >= 15 is 0 Å². The number of aromatic nitrogens is 1. The number of halogens is 4. The molecule has 0 saturated heterocycles. The third-order valence-electron chi connectivity index (χ3n) is 23.9. The molecule has 0 aliphatic carbocycles. The number of phenolic OH excluding ortho intramolecular Hbond substituents is 5. The van der Waals surface area contributed by atoms with Gasteiger partial charge in [0.25, 0.3) is 0 Å². The first-order valence-corrected chi connectivity index (χ1v) is 49.6. The predicted octanol–water partition coefficient (Wildman–Crippen LogP) is 36.9. The molecule has 0 radical (unpaired) electrons. The van der Waals surface area contributed by atoms with E-state index in [1.54, 1.807) is 81.6 Å². The first-order chi connectivity index (χ1) is 66.8. The summed E-state index contributed by atoms with van der Waals surface area (Å²) in [6.45, 7) is 62.7. The lowest BCUT2D eigenvalue weighted by molar-refractivity contribution is 0.395. The fraction of sp³-hybridized carbons (Fsp3) is 0.336. The monoisotopic (exact) mass is 1930 g/mol. The summed E-state index contributed by atoms with van der Waals surface area (Å²) < 4.78 is 62.4. The van der Waals surface area contributed by atoms with E-state index in [2.05, 4.69) is 215 Å².